The number of nitrogens with one attached hydrogen (secondary N) is 2. The summed E-state index contributed by atoms with van der Waals surface area (Å²) in [4.78, 5) is 11.0. The van der Waals surface area contributed by atoms with Crippen LogP contribution in [0, 0.1) is 0 Å². The first-order valence-electron chi connectivity index (χ1n) is 7.71. The Bertz CT molecular complexity index is 694. The molecular weight excluding hydrogens is 381 g/mol. The third-order valence-corrected chi connectivity index (χ3v) is 5.09. The number of hydrogen-bond acceptors (Lipinski definition) is 3. The van der Waals surface area contributed by atoms with E-state index in [1.807, 2.05) is 6.92 Å². The number of alkyl halides is 3. The average molecular weight is 401 g/mol. The topological polar surface area (TPSA) is 75.3 Å². The van der Waals surface area contributed by atoms with Crippen LogP contribution >= 0.6 is 11.6 Å². The summed E-state index contributed by atoms with van der Waals surface area (Å²) in [5.41, 5.74) is -1.23. The zero-order valence-corrected chi connectivity index (χ0v) is 15.2. The SMILES string of the molecule is CCCCCNC(=O)CCNS(=O)(=O)c1ccc(Cl)c(C(F)(F)F)c1. The van der Waals surface area contributed by atoms with E-state index < -0.39 is 31.7 Å². The Morgan fingerprint density at radius 1 is 1.20 bits per heavy atom. The average Bonchev–Trinajstić information content (AvgIpc) is 2.50. The highest BCUT2D eigenvalue weighted by Crippen LogP contribution is 2.35. The van der Waals surface area contributed by atoms with E-state index in [9.17, 15) is 26.4 Å². The maximum atomic E-state index is 12.8. The molecule has 0 aliphatic rings. The van der Waals surface area contributed by atoms with Crippen LogP contribution in [0.1, 0.15) is 38.2 Å². The number of rotatable bonds is 9. The van der Waals surface area contributed by atoms with Crippen molar-refractivity contribution < 1.29 is 26.4 Å². The van der Waals surface area contributed by atoms with Gasteiger partial charge in [-0.15, -0.1) is 0 Å². The Balaban J connectivity index is 2.63. The van der Waals surface area contributed by atoms with Crippen molar-refractivity contribution in [2.75, 3.05) is 13.1 Å². The van der Waals surface area contributed by atoms with E-state index in [1.54, 1.807) is 0 Å². The van der Waals surface area contributed by atoms with Crippen molar-refractivity contribution in [3.8, 4) is 0 Å². The van der Waals surface area contributed by atoms with Gasteiger partial charge in [-0.25, -0.2) is 13.1 Å². The van der Waals surface area contributed by atoms with Crippen LogP contribution in [-0.4, -0.2) is 27.4 Å². The summed E-state index contributed by atoms with van der Waals surface area (Å²) >= 11 is 5.46. The molecule has 0 saturated carbocycles. The standard InChI is InChI=1S/C15H20ClF3N2O3S/c1-2-3-4-8-20-14(22)7-9-21-25(23,24)11-5-6-13(16)12(10-11)15(17,18)19/h5-6,10,21H,2-4,7-9H2,1H3,(H,20,22). The van der Waals surface area contributed by atoms with Gasteiger partial charge in [-0.3, -0.25) is 4.79 Å². The lowest BCUT2D eigenvalue weighted by atomic mass is 10.2. The molecule has 142 valence electrons. The van der Waals surface area contributed by atoms with E-state index in [-0.39, 0.29) is 18.9 Å². The Morgan fingerprint density at radius 3 is 2.48 bits per heavy atom. The normalized spacial score (nSPS) is 12.2. The van der Waals surface area contributed by atoms with Gasteiger partial charge < -0.3 is 5.32 Å². The third kappa shape index (κ3) is 7.21. The number of carbonyl (C=O) groups excluding carboxylic acids is 1. The van der Waals surface area contributed by atoms with Gasteiger partial charge in [0, 0.05) is 19.5 Å². The number of carbonyl (C=O) groups is 1. The summed E-state index contributed by atoms with van der Waals surface area (Å²) in [6, 6.07) is 2.32. The summed E-state index contributed by atoms with van der Waals surface area (Å²) in [6.45, 7) is 2.31. The fraction of sp³-hybridized carbons (Fsp3) is 0.533. The molecule has 0 radical (unpaired) electrons. The number of unbranched alkanes of at least 4 members (excludes halogenated alkanes) is 2. The zero-order chi connectivity index (χ0) is 19.1. The summed E-state index contributed by atoms with van der Waals surface area (Å²) in [5.74, 6) is -0.328. The molecule has 0 atom stereocenters. The van der Waals surface area contributed by atoms with Crippen molar-refractivity contribution >= 4 is 27.5 Å². The van der Waals surface area contributed by atoms with Gasteiger partial charge in [0.2, 0.25) is 15.9 Å². The molecule has 25 heavy (non-hydrogen) atoms. The van der Waals surface area contributed by atoms with Crippen LogP contribution < -0.4 is 10.0 Å². The molecule has 2 N–H and O–H groups in total. The predicted molar refractivity (Wildman–Crippen MR) is 88.8 cm³/mol. The van der Waals surface area contributed by atoms with Gasteiger partial charge in [0.15, 0.2) is 0 Å². The third-order valence-electron chi connectivity index (χ3n) is 3.30. The fourth-order valence-electron chi connectivity index (χ4n) is 1.96. The molecule has 0 saturated heterocycles. The molecule has 0 heterocycles. The number of halogens is 4. The maximum Gasteiger partial charge on any atom is 0.417 e. The number of hydrogen-bond donors (Lipinski definition) is 2. The van der Waals surface area contributed by atoms with Crippen molar-refractivity contribution in [3.05, 3.63) is 28.8 Å². The highest BCUT2D eigenvalue weighted by Gasteiger charge is 2.34. The van der Waals surface area contributed by atoms with Crippen LogP contribution in [0.15, 0.2) is 23.1 Å². The molecule has 1 amide bonds. The Labute approximate surface area is 150 Å². The first kappa shape index (κ1) is 21.7. The van der Waals surface area contributed by atoms with Crippen LogP contribution in [0.2, 0.25) is 5.02 Å². The molecular formula is C15H20ClF3N2O3S. The molecule has 0 bridgehead atoms. The molecule has 0 unspecified atom stereocenters. The molecule has 0 aliphatic carbocycles. The van der Waals surface area contributed by atoms with Crippen molar-refractivity contribution in [3.63, 3.8) is 0 Å². The summed E-state index contributed by atoms with van der Waals surface area (Å²) in [7, 11) is -4.17. The molecule has 0 aliphatic heterocycles. The molecule has 1 rings (SSSR count). The predicted octanol–water partition coefficient (Wildman–Crippen LogP) is 3.33. The smallest absolute Gasteiger partial charge is 0.356 e. The minimum Gasteiger partial charge on any atom is -0.356 e. The number of benzene rings is 1. The van der Waals surface area contributed by atoms with E-state index >= 15 is 0 Å². The van der Waals surface area contributed by atoms with E-state index in [0.29, 0.717) is 12.6 Å². The quantitative estimate of drug-likeness (QED) is 0.624. The fourth-order valence-corrected chi connectivity index (χ4v) is 3.24. The molecule has 10 heteroatoms. The second-order valence-electron chi connectivity index (χ2n) is 5.34. The van der Waals surface area contributed by atoms with Crippen LogP contribution in [0.25, 0.3) is 0 Å². The van der Waals surface area contributed by atoms with Gasteiger partial charge in [-0.05, 0) is 24.6 Å². The summed E-state index contributed by atoms with van der Waals surface area (Å²) in [5, 5.41) is 2.05. The van der Waals surface area contributed by atoms with E-state index in [4.69, 9.17) is 11.6 Å². The molecule has 0 spiro atoms. The molecule has 1 aromatic rings. The highest BCUT2D eigenvalue weighted by atomic mass is 35.5. The second kappa shape index (κ2) is 9.40. The van der Waals surface area contributed by atoms with Crippen molar-refractivity contribution in [2.24, 2.45) is 0 Å². The Hall–Kier alpha value is -1.32. The van der Waals surface area contributed by atoms with Gasteiger partial charge in [0.1, 0.15) is 0 Å². The summed E-state index contributed by atoms with van der Waals surface area (Å²) < 4.78 is 64.6. The number of amides is 1. The van der Waals surface area contributed by atoms with Crippen molar-refractivity contribution in [1.82, 2.24) is 10.0 Å². The van der Waals surface area contributed by atoms with Crippen LogP contribution in [-0.2, 0) is 21.0 Å². The van der Waals surface area contributed by atoms with Crippen molar-refractivity contribution in [2.45, 2.75) is 43.7 Å². The van der Waals surface area contributed by atoms with Gasteiger partial charge in [0.05, 0.1) is 15.5 Å². The zero-order valence-electron chi connectivity index (χ0n) is 13.6. The lowest BCUT2D eigenvalue weighted by Crippen LogP contribution is -2.31. The van der Waals surface area contributed by atoms with Crippen LogP contribution in [0.5, 0.6) is 0 Å². The van der Waals surface area contributed by atoms with E-state index in [0.717, 1.165) is 31.4 Å². The molecule has 5 nitrogen and oxygen atoms in total. The van der Waals surface area contributed by atoms with Gasteiger partial charge in [-0.1, -0.05) is 31.4 Å². The maximum absolute atomic E-state index is 12.8. The Kier molecular flexibility index (Phi) is 8.17. The summed E-state index contributed by atoms with van der Waals surface area (Å²) in [6.07, 6.45) is -2.05. The van der Waals surface area contributed by atoms with Crippen LogP contribution in [0.4, 0.5) is 13.2 Å². The minimum atomic E-state index is -4.76. The van der Waals surface area contributed by atoms with Gasteiger partial charge in [-0.2, -0.15) is 13.2 Å². The first-order valence-corrected chi connectivity index (χ1v) is 9.57. The van der Waals surface area contributed by atoms with Crippen molar-refractivity contribution in [1.29, 1.82) is 0 Å². The van der Waals surface area contributed by atoms with Crippen LogP contribution in [0.3, 0.4) is 0 Å². The van der Waals surface area contributed by atoms with Gasteiger partial charge in [0.25, 0.3) is 0 Å². The lowest BCUT2D eigenvalue weighted by molar-refractivity contribution is -0.137. The van der Waals surface area contributed by atoms with Gasteiger partial charge >= 0.3 is 6.18 Å². The monoisotopic (exact) mass is 400 g/mol. The second-order valence-corrected chi connectivity index (χ2v) is 7.52. The molecule has 0 aromatic heterocycles. The largest absolute Gasteiger partial charge is 0.417 e. The minimum absolute atomic E-state index is 0.106. The first-order chi connectivity index (χ1) is 11.6. The molecule has 0 fully saturated rings. The highest BCUT2D eigenvalue weighted by molar-refractivity contribution is 7.89. The van der Waals surface area contributed by atoms with E-state index in [2.05, 4.69) is 10.0 Å². The molecule has 1 aromatic carbocycles. The van der Waals surface area contributed by atoms with E-state index in [1.165, 1.54) is 0 Å². The Morgan fingerprint density at radius 2 is 1.88 bits per heavy atom. The lowest BCUT2D eigenvalue weighted by Gasteiger charge is -2.12. The number of sulfonamides is 1.